The van der Waals surface area contributed by atoms with E-state index in [1.165, 1.54) is 12.1 Å². The van der Waals surface area contributed by atoms with Gasteiger partial charge in [-0.1, -0.05) is 25.6 Å². The number of hydrogen-bond donors (Lipinski definition) is 2. The second kappa shape index (κ2) is 5.75. The molecule has 2 unspecified atom stereocenters. The molecule has 2 rings (SSSR count). The molecule has 2 atom stereocenters. The summed E-state index contributed by atoms with van der Waals surface area (Å²) in [6, 6.07) is 3.45. The maximum absolute atomic E-state index is 13.5. The van der Waals surface area contributed by atoms with Crippen molar-refractivity contribution in [3.8, 4) is 0 Å². The molecule has 1 aromatic carbocycles. The molecule has 0 radical (unpaired) electrons. The highest BCUT2D eigenvalue weighted by atomic mass is 32.2. The van der Waals surface area contributed by atoms with Crippen molar-refractivity contribution in [1.82, 2.24) is 4.72 Å². The summed E-state index contributed by atoms with van der Waals surface area (Å²) in [5, 5.41) is 0. The molecule has 4 nitrogen and oxygen atoms in total. The van der Waals surface area contributed by atoms with E-state index in [1.54, 1.807) is 0 Å². The first-order valence-corrected chi connectivity index (χ1v) is 8.36. The fourth-order valence-electron chi connectivity index (χ4n) is 2.21. The van der Waals surface area contributed by atoms with Gasteiger partial charge in [0, 0.05) is 11.6 Å². The summed E-state index contributed by atoms with van der Waals surface area (Å²) in [5.41, 5.74) is 5.33. The van der Waals surface area contributed by atoms with Crippen molar-refractivity contribution in [3.05, 3.63) is 29.6 Å². The molecular formula is C13H17FN2O2S2. The van der Waals surface area contributed by atoms with Crippen LogP contribution >= 0.6 is 12.2 Å². The molecule has 110 valence electrons. The zero-order valence-corrected chi connectivity index (χ0v) is 12.7. The van der Waals surface area contributed by atoms with Crippen LogP contribution in [-0.4, -0.2) is 19.4 Å². The molecule has 0 spiro atoms. The van der Waals surface area contributed by atoms with Crippen LogP contribution in [0.1, 0.15) is 31.7 Å². The SMILES string of the molecule is CCCC1CC1NS(=O)(=O)c1ccc(F)c(C(N)=S)c1. The molecule has 1 saturated carbocycles. The Balaban J connectivity index is 2.18. The molecule has 0 aliphatic heterocycles. The van der Waals surface area contributed by atoms with Crippen LogP contribution in [0.5, 0.6) is 0 Å². The zero-order valence-electron chi connectivity index (χ0n) is 11.1. The number of thiocarbonyl (C=S) groups is 1. The lowest BCUT2D eigenvalue weighted by molar-refractivity contribution is 0.572. The minimum absolute atomic E-state index is 0.0103. The highest BCUT2D eigenvalue weighted by molar-refractivity contribution is 7.89. The molecule has 0 heterocycles. The van der Waals surface area contributed by atoms with E-state index < -0.39 is 15.8 Å². The van der Waals surface area contributed by atoms with E-state index in [-0.39, 0.29) is 21.5 Å². The number of nitrogens with one attached hydrogen (secondary N) is 1. The van der Waals surface area contributed by atoms with E-state index >= 15 is 0 Å². The van der Waals surface area contributed by atoms with Crippen molar-refractivity contribution in [1.29, 1.82) is 0 Å². The molecule has 1 aliphatic carbocycles. The van der Waals surface area contributed by atoms with Crippen LogP contribution in [0.2, 0.25) is 0 Å². The third kappa shape index (κ3) is 3.34. The summed E-state index contributed by atoms with van der Waals surface area (Å²) in [7, 11) is -3.65. The Morgan fingerprint density at radius 1 is 1.55 bits per heavy atom. The minimum atomic E-state index is -3.65. The molecule has 0 amide bonds. The van der Waals surface area contributed by atoms with Crippen molar-refractivity contribution >= 4 is 27.2 Å². The van der Waals surface area contributed by atoms with Crippen LogP contribution in [0.15, 0.2) is 23.1 Å². The number of benzene rings is 1. The largest absolute Gasteiger partial charge is 0.389 e. The van der Waals surface area contributed by atoms with Crippen LogP contribution in [0, 0.1) is 11.7 Å². The number of nitrogens with two attached hydrogens (primary N) is 1. The van der Waals surface area contributed by atoms with Gasteiger partial charge in [0.15, 0.2) is 0 Å². The lowest BCUT2D eigenvalue weighted by Gasteiger charge is -2.08. The van der Waals surface area contributed by atoms with E-state index in [0.717, 1.165) is 25.3 Å². The maximum atomic E-state index is 13.5. The number of halogens is 1. The van der Waals surface area contributed by atoms with E-state index in [2.05, 4.69) is 11.6 Å². The van der Waals surface area contributed by atoms with Gasteiger partial charge in [0.05, 0.1) is 4.90 Å². The van der Waals surface area contributed by atoms with E-state index in [9.17, 15) is 12.8 Å². The monoisotopic (exact) mass is 316 g/mol. The predicted molar refractivity (Wildman–Crippen MR) is 79.4 cm³/mol. The van der Waals surface area contributed by atoms with E-state index in [1.807, 2.05) is 0 Å². The molecule has 3 N–H and O–H groups in total. The van der Waals surface area contributed by atoms with Gasteiger partial charge in [-0.3, -0.25) is 0 Å². The Morgan fingerprint density at radius 2 is 2.25 bits per heavy atom. The predicted octanol–water partition coefficient (Wildman–Crippen LogP) is 1.93. The van der Waals surface area contributed by atoms with Crippen LogP contribution in [0.25, 0.3) is 0 Å². The summed E-state index contributed by atoms with van der Waals surface area (Å²) in [4.78, 5) is -0.168. The highest BCUT2D eigenvalue weighted by Gasteiger charge is 2.39. The Hall–Kier alpha value is -1.05. The van der Waals surface area contributed by atoms with E-state index in [4.69, 9.17) is 18.0 Å². The normalized spacial score (nSPS) is 21.7. The second-order valence-electron chi connectivity index (χ2n) is 5.02. The van der Waals surface area contributed by atoms with Crippen molar-refractivity contribution < 1.29 is 12.8 Å². The van der Waals surface area contributed by atoms with Gasteiger partial charge in [0.1, 0.15) is 10.8 Å². The average molecular weight is 316 g/mol. The second-order valence-corrected chi connectivity index (χ2v) is 7.17. The van der Waals surface area contributed by atoms with Crippen LogP contribution < -0.4 is 10.5 Å². The fourth-order valence-corrected chi connectivity index (χ4v) is 3.71. The van der Waals surface area contributed by atoms with Gasteiger partial charge in [-0.05, 0) is 37.0 Å². The average Bonchev–Trinajstić information content (AvgIpc) is 3.06. The lowest BCUT2D eigenvalue weighted by atomic mass is 10.2. The molecule has 0 aromatic heterocycles. The van der Waals surface area contributed by atoms with Gasteiger partial charge in [0.2, 0.25) is 10.0 Å². The summed E-state index contributed by atoms with van der Waals surface area (Å²) < 4.78 is 40.5. The van der Waals surface area contributed by atoms with Gasteiger partial charge in [-0.25, -0.2) is 17.5 Å². The van der Waals surface area contributed by atoms with E-state index in [0.29, 0.717) is 5.92 Å². The number of rotatable bonds is 6. The minimum Gasteiger partial charge on any atom is -0.389 e. The van der Waals surface area contributed by atoms with Gasteiger partial charge in [-0.15, -0.1) is 0 Å². The molecule has 1 fully saturated rings. The third-order valence-corrected chi connectivity index (χ3v) is 5.11. The molecular weight excluding hydrogens is 299 g/mol. The van der Waals surface area contributed by atoms with Crippen LogP contribution in [-0.2, 0) is 10.0 Å². The highest BCUT2D eigenvalue weighted by Crippen LogP contribution is 2.35. The quantitative estimate of drug-likeness (QED) is 0.787. The smallest absolute Gasteiger partial charge is 0.240 e. The topological polar surface area (TPSA) is 72.2 Å². The Labute approximate surface area is 123 Å². The van der Waals surface area contributed by atoms with Crippen molar-refractivity contribution in [2.24, 2.45) is 11.7 Å². The van der Waals surface area contributed by atoms with Crippen molar-refractivity contribution in [2.75, 3.05) is 0 Å². The molecule has 20 heavy (non-hydrogen) atoms. The Bertz CT molecular complexity index is 631. The molecule has 7 heteroatoms. The van der Waals surface area contributed by atoms with Crippen molar-refractivity contribution in [2.45, 2.75) is 37.1 Å². The van der Waals surface area contributed by atoms with Gasteiger partial charge in [0.25, 0.3) is 0 Å². The fraction of sp³-hybridized carbons (Fsp3) is 0.462. The summed E-state index contributed by atoms with van der Waals surface area (Å²) in [6.07, 6.45) is 2.90. The molecule has 0 saturated heterocycles. The summed E-state index contributed by atoms with van der Waals surface area (Å²) in [5.74, 6) is -0.211. The van der Waals surface area contributed by atoms with Crippen LogP contribution in [0.4, 0.5) is 4.39 Å². The van der Waals surface area contributed by atoms with Gasteiger partial charge in [-0.2, -0.15) is 0 Å². The Morgan fingerprint density at radius 3 is 2.85 bits per heavy atom. The first-order chi connectivity index (χ1) is 9.35. The first kappa shape index (κ1) is 15.3. The molecule has 0 bridgehead atoms. The third-order valence-electron chi connectivity index (χ3n) is 3.40. The number of hydrogen-bond acceptors (Lipinski definition) is 3. The van der Waals surface area contributed by atoms with Crippen LogP contribution in [0.3, 0.4) is 0 Å². The Kier molecular flexibility index (Phi) is 4.41. The standard InChI is InChI=1S/C13H17FN2O2S2/c1-2-3-8-6-12(8)16-20(17,18)9-4-5-11(14)10(7-9)13(15)19/h4-5,7-8,12,16H,2-3,6H2,1H3,(H2,15,19). The first-order valence-electron chi connectivity index (χ1n) is 6.47. The molecule has 1 aliphatic rings. The zero-order chi connectivity index (χ0) is 14.9. The maximum Gasteiger partial charge on any atom is 0.240 e. The summed E-state index contributed by atoms with van der Waals surface area (Å²) in [6.45, 7) is 2.07. The van der Waals surface area contributed by atoms with Gasteiger partial charge >= 0.3 is 0 Å². The summed E-state index contributed by atoms with van der Waals surface area (Å²) >= 11 is 4.71. The van der Waals surface area contributed by atoms with Crippen molar-refractivity contribution in [3.63, 3.8) is 0 Å². The lowest BCUT2D eigenvalue weighted by Crippen LogP contribution is -2.27. The van der Waals surface area contributed by atoms with Gasteiger partial charge < -0.3 is 5.73 Å². The molecule has 1 aromatic rings. The number of sulfonamides is 1.